The number of benzene rings is 4. The number of carbonyl (C=O) groups is 2. The second kappa shape index (κ2) is 14.3. The molecule has 0 aliphatic heterocycles. The SMILES string of the molecule is CC(C)CC(=O)N(NC(=O)c1csc(-c2ccccc2OCc2ccccc2)n1)c1ccc(OCc2ccccc2)cc1. The maximum atomic E-state index is 13.4. The molecule has 0 aliphatic carbocycles. The van der Waals surface area contributed by atoms with Crippen LogP contribution in [0.4, 0.5) is 5.69 Å². The van der Waals surface area contributed by atoms with Gasteiger partial charge in [-0.15, -0.1) is 11.3 Å². The van der Waals surface area contributed by atoms with Gasteiger partial charge in [-0.25, -0.2) is 9.99 Å². The van der Waals surface area contributed by atoms with Crippen LogP contribution in [-0.4, -0.2) is 16.8 Å². The molecule has 0 bridgehead atoms. The average Bonchev–Trinajstić information content (AvgIpc) is 3.53. The number of thiazole rings is 1. The van der Waals surface area contributed by atoms with Gasteiger partial charge < -0.3 is 9.47 Å². The van der Waals surface area contributed by atoms with Crippen LogP contribution >= 0.6 is 11.3 Å². The zero-order valence-corrected chi connectivity index (χ0v) is 24.9. The number of carbonyl (C=O) groups excluding carboxylic acids is 2. The molecule has 0 saturated carbocycles. The van der Waals surface area contributed by atoms with Gasteiger partial charge in [-0.05, 0) is 53.4 Å². The number of rotatable bonds is 11. The van der Waals surface area contributed by atoms with Crippen LogP contribution in [0.3, 0.4) is 0 Å². The topological polar surface area (TPSA) is 80.8 Å². The number of hydrogen-bond acceptors (Lipinski definition) is 6. The number of nitrogens with one attached hydrogen (secondary N) is 1. The molecule has 8 heteroatoms. The van der Waals surface area contributed by atoms with Crippen molar-refractivity contribution >= 4 is 28.8 Å². The van der Waals surface area contributed by atoms with E-state index in [0.29, 0.717) is 35.4 Å². The van der Waals surface area contributed by atoms with Gasteiger partial charge in [0.05, 0.1) is 11.3 Å². The van der Waals surface area contributed by atoms with Crippen molar-refractivity contribution in [2.24, 2.45) is 5.92 Å². The van der Waals surface area contributed by atoms with Gasteiger partial charge in [0, 0.05) is 11.8 Å². The molecule has 0 saturated heterocycles. The first kappa shape index (κ1) is 29.5. The molecule has 0 fully saturated rings. The first-order chi connectivity index (χ1) is 21.0. The Hall–Kier alpha value is -4.95. The van der Waals surface area contributed by atoms with Crippen molar-refractivity contribution in [1.82, 2.24) is 10.4 Å². The maximum absolute atomic E-state index is 13.4. The Morgan fingerprint density at radius 3 is 2.05 bits per heavy atom. The van der Waals surface area contributed by atoms with E-state index in [1.54, 1.807) is 29.6 Å². The highest BCUT2D eigenvalue weighted by Gasteiger charge is 2.22. The fourth-order valence-corrected chi connectivity index (χ4v) is 5.14. The molecule has 7 nitrogen and oxygen atoms in total. The minimum absolute atomic E-state index is 0.110. The van der Waals surface area contributed by atoms with E-state index in [-0.39, 0.29) is 23.9 Å². The molecule has 0 radical (unpaired) electrons. The standard InChI is InChI=1S/C35H33N3O4S/c1-25(2)21-33(39)38(28-17-19-29(20-18-28)41-22-26-11-5-3-6-12-26)37-34(40)31-24-43-35(36-31)30-15-9-10-16-32(30)42-23-27-13-7-4-8-14-27/h3-20,24-25H,21-23H2,1-2H3,(H,37,40). The lowest BCUT2D eigenvalue weighted by Crippen LogP contribution is -2.47. The van der Waals surface area contributed by atoms with Gasteiger partial charge in [-0.2, -0.15) is 0 Å². The first-order valence-corrected chi connectivity index (χ1v) is 15.0. The second-order valence-electron chi connectivity index (χ2n) is 10.3. The van der Waals surface area contributed by atoms with Gasteiger partial charge in [0.15, 0.2) is 0 Å². The van der Waals surface area contributed by atoms with Crippen molar-refractivity contribution in [3.05, 3.63) is 131 Å². The van der Waals surface area contributed by atoms with E-state index in [1.807, 2.05) is 98.8 Å². The fourth-order valence-electron chi connectivity index (χ4n) is 4.31. The molecule has 4 aromatic carbocycles. The Morgan fingerprint density at radius 2 is 1.40 bits per heavy atom. The van der Waals surface area contributed by atoms with Crippen molar-refractivity contribution in [3.8, 4) is 22.1 Å². The molecule has 218 valence electrons. The smallest absolute Gasteiger partial charge is 0.289 e. The summed E-state index contributed by atoms with van der Waals surface area (Å²) in [5.41, 5.74) is 6.42. The van der Waals surface area contributed by atoms with E-state index >= 15 is 0 Å². The summed E-state index contributed by atoms with van der Waals surface area (Å²) in [5, 5.41) is 3.62. The third-order valence-electron chi connectivity index (χ3n) is 6.48. The van der Waals surface area contributed by atoms with E-state index in [0.717, 1.165) is 16.7 Å². The van der Waals surface area contributed by atoms with Gasteiger partial charge in [-0.1, -0.05) is 86.6 Å². The molecular weight excluding hydrogens is 558 g/mol. The van der Waals surface area contributed by atoms with E-state index in [2.05, 4.69) is 10.4 Å². The molecule has 2 amide bonds. The van der Waals surface area contributed by atoms with Crippen LogP contribution in [0.5, 0.6) is 11.5 Å². The third kappa shape index (κ3) is 8.08. The van der Waals surface area contributed by atoms with Crippen molar-refractivity contribution in [2.45, 2.75) is 33.5 Å². The lowest BCUT2D eigenvalue weighted by molar-refractivity contribution is -0.119. The zero-order valence-electron chi connectivity index (χ0n) is 24.1. The summed E-state index contributed by atoms with van der Waals surface area (Å²) < 4.78 is 12.0. The Kier molecular flexibility index (Phi) is 9.82. The summed E-state index contributed by atoms with van der Waals surface area (Å²) in [6, 6.07) is 34.5. The number of amides is 2. The Balaban J connectivity index is 1.29. The molecule has 5 aromatic rings. The van der Waals surface area contributed by atoms with Gasteiger partial charge in [0.25, 0.3) is 5.91 Å². The molecule has 5 rings (SSSR count). The highest BCUT2D eigenvalue weighted by molar-refractivity contribution is 7.13. The van der Waals surface area contributed by atoms with Crippen LogP contribution in [0.1, 0.15) is 41.9 Å². The van der Waals surface area contributed by atoms with Crippen LogP contribution in [0.15, 0.2) is 115 Å². The molecule has 0 aliphatic rings. The summed E-state index contributed by atoms with van der Waals surface area (Å²) in [4.78, 5) is 31.2. The number of hydrazine groups is 1. The van der Waals surface area contributed by atoms with Crippen molar-refractivity contribution in [2.75, 3.05) is 5.01 Å². The molecule has 0 atom stereocenters. The number of aromatic nitrogens is 1. The van der Waals surface area contributed by atoms with E-state index < -0.39 is 5.91 Å². The number of hydrogen-bond donors (Lipinski definition) is 1. The third-order valence-corrected chi connectivity index (χ3v) is 7.36. The Labute approximate surface area is 255 Å². The summed E-state index contributed by atoms with van der Waals surface area (Å²) >= 11 is 1.34. The van der Waals surface area contributed by atoms with Gasteiger partial charge in [0.2, 0.25) is 5.91 Å². The van der Waals surface area contributed by atoms with Gasteiger partial charge >= 0.3 is 0 Å². The van der Waals surface area contributed by atoms with Crippen LogP contribution < -0.4 is 19.9 Å². The normalized spacial score (nSPS) is 10.8. The zero-order chi connectivity index (χ0) is 30.0. The first-order valence-electron chi connectivity index (χ1n) is 14.1. The molecule has 1 aromatic heterocycles. The van der Waals surface area contributed by atoms with E-state index in [1.165, 1.54) is 16.3 Å². The maximum Gasteiger partial charge on any atom is 0.289 e. The quantitative estimate of drug-likeness (QED) is 0.159. The number of anilines is 1. The molecule has 43 heavy (non-hydrogen) atoms. The summed E-state index contributed by atoms with van der Waals surface area (Å²) in [6.45, 7) is 4.77. The highest BCUT2D eigenvalue weighted by atomic mass is 32.1. The fraction of sp³-hybridized carbons (Fsp3) is 0.171. The number of para-hydroxylation sites is 1. The van der Waals surface area contributed by atoms with E-state index in [9.17, 15) is 9.59 Å². The lowest BCUT2D eigenvalue weighted by atomic mass is 10.1. The minimum atomic E-state index is -0.480. The Morgan fingerprint density at radius 1 is 0.791 bits per heavy atom. The predicted octanol–water partition coefficient (Wildman–Crippen LogP) is 7.69. The minimum Gasteiger partial charge on any atom is -0.489 e. The summed E-state index contributed by atoms with van der Waals surface area (Å²) in [5.74, 6) is 0.741. The average molecular weight is 592 g/mol. The second-order valence-corrected chi connectivity index (χ2v) is 11.2. The van der Waals surface area contributed by atoms with Crippen LogP contribution in [0.2, 0.25) is 0 Å². The van der Waals surface area contributed by atoms with Crippen molar-refractivity contribution in [1.29, 1.82) is 0 Å². The predicted molar refractivity (Wildman–Crippen MR) is 170 cm³/mol. The monoisotopic (exact) mass is 591 g/mol. The molecular formula is C35H33N3O4S. The molecule has 1 heterocycles. The summed E-state index contributed by atoms with van der Waals surface area (Å²) in [7, 11) is 0. The summed E-state index contributed by atoms with van der Waals surface area (Å²) in [6.07, 6.45) is 0.265. The van der Waals surface area contributed by atoms with E-state index in [4.69, 9.17) is 9.47 Å². The molecule has 0 unspecified atom stereocenters. The molecule has 1 N–H and O–H groups in total. The Bertz CT molecular complexity index is 1640. The largest absolute Gasteiger partial charge is 0.489 e. The number of ether oxygens (including phenoxy) is 2. The molecule has 0 spiro atoms. The van der Waals surface area contributed by atoms with Crippen LogP contribution in [0.25, 0.3) is 10.6 Å². The van der Waals surface area contributed by atoms with Gasteiger partial charge in [0.1, 0.15) is 35.4 Å². The number of nitrogens with zero attached hydrogens (tertiary/aromatic N) is 2. The lowest BCUT2D eigenvalue weighted by Gasteiger charge is -2.24. The van der Waals surface area contributed by atoms with Crippen LogP contribution in [-0.2, 0) is 18.0 Å². The van der Waals surface area contributed by atoms with Crippen LogP contribution in [0, 0.1) is 5.92 Å². The van der Waals surface area contributed by atoms with Crippen molar-refractivity contribution in [3.63, 3.8) is 0 Å². The van der Waals surface area contributed by atoms with Crippen molar-refractivity contribution < 1.29 is 19.1 Å². The highest BCUT2D eigenvalue weighted by Crippen LogP contribution is 2.33. The van der Waals surface area contributed by atoms with Gasteiger partial charge in [-0.3, -0.25) is 15.0 Å².